The number of carbonyl (C=O) groups is 1. The second kappa shape index (κ2) is 4.80. The summed E-state index contributed by atoms with van der Waals surface area (Å²) < 4.78 is 14.3. The molecule has 2 aromatic rings. The summed E-state index contributed by atoms with van der Waals surface area (Å²) in [6, 6.07) is 5.08. The first-order valence-electron chi connectivity index (χ1n) is 5.95. The molecule has 3 nitrogen and oxygen atoms in total. The molecule has 0 unspecified atom stereocenters. The molecule has 0 atom stereocenters. The number of carboxylic acid groups (broad SMARTS) is 1. The first-order chi connectivity index (χ1) is 8.56. The van der Waals surface area contributed by atoms with Crippen LogP contribution in [0.15, 0.2) is 18.2 Å². The van der Waals surface area contributed by atoms with Gasteiger partial charge in [0.1, 0.15) is 0 Å². The van der Waals surface area contributed by atoms with Crippen LogP contribution in [-0.2, 0) is 6.54 Å². The minimum Gasteiger partial charge on any atom is -0.478 e. The van der Waals surface area contributed by atoms with Gasteiger partial charge < -0.3 is 9.67 Å². The second-order valence-corrected chi connectivity index (χ2v) is 4.44. The van der Waals surface area contributed by atoms with Gasteiger partial charge in [-0.25, -0.2) is 4.79 Å². The molecular formula is C14H16FNO2. The molecule has 1 aromatic carbocycles. The Morgan fingerprint density at radius 3 is 2.72 bits per heavy atom. The molecule has 1 N–H and O–H groups in total. The van der Waals surface area contributed by atoms with E-state index in [1.165, 1.54) is 0 Å². The zero-order valence-electron chi connectivity index (χ0n) is 10.5. The fourth-order valence-corrected chi connectivity index (χ4v) is 2.29. The molecule has 2 rings (SSSR count). The summed E-state index contributed by atoms with van der Waals surface area (Å²) in [7, 11) is 0. The Morgan fingerprint density at radius 1 is 1.39 bits per heavy atom. The largest absolute Gasteiger partial charge is 0.478 e. The van der Waals surface area contributed by atoms with Crippen LogP contribution in [0.3, 0.4) is 0 Å². The molecule has 1 heterocycles. The van der Waals surface area contributed by atoms with Crippen LogP contribution in [0.1, 0.15) is 28.0 Å². The Balaban J connectivity index is 2.60. The van der Waals surface area contributed by atoms with Crippen LogP contribution in [0.2, 0.25) is 0 Å². The summed E-state index contributed by atoms with van der Waals surface area (Å²) in [6.45, 7) is 4.23. The van der Waals surface area contributed by atoms with Crippen molar-refractivity contribution in [2.75, 3.05) is 6.67 Å². The molecule has 0 aliphatic carbocycles. The van der Waals surface area contributed by atoms with Gasteiger partial charge in [0.15, 0.2) is 0 Å². The number of aromatic nitrogens is 1. The average Bonchev–Trinajstić information content (AvgIpc) is 2.60. The van der Waals surface area contributed by atoms with Crippen molar-refractivity contribution in [3.05, 3.63) is 35.0 Å². The van der Waals surface area contributed by atoms with E-state index in [1.54, 1.807) is 18.2 Å². The van der Waals surface area contributed by atoms with Crippen molar-refractivity contribution in [1.29, 1.82) is 0 Å². The Labute approximate surface area is 105 Å². The predicted octanol–water partition coefficient (Wildman–Crippen LogP) is 3.32. The maximum Gasteiger partial charge on any atom is 0.335 e. The minimum atomic E-state index is -0.925. The number of hydrogen-bond donors (Lipinski definition) is 1. The molecule has 96 valence electrons. The summed E-state index contributed by atoms with van der Waals surface area (Å²) in [6.07, 6.45) is 0.477. The third-order valence-electron chi connectivity index (χ3n) is 3.40. The number of aromatic carboxylic acids is 1. The van der Waals surface area contributed by atoms with Gasteiger partial charge in [0.25, 0.3) is 0 Å². The van der Waals surface area contributed by atoms with Gasteiger partial charge in [-0.2, -0.15) is 0 Å². The molecule has 0 saturated heterocycles. The second-order valence-electron chi connectivity index (χ2n) is 4.44. The molecule has 0 spiro atoms. The van der Waals surface area contributed by atoms with Crippen molar-refractivity contribution in [3.63, 3.8) is 0 Å². The fourth-order valence-electron chi connectivity index (χ4n) is 2.29. The van der Waals surface area contributed by atoms with Crippen LogP contribution in [-0.4, -0.2) is 22.3 Å². The van der Waals surface area contributed by atoms with Gasteiger partial charge in [-0.3, -0.25) is 4.39 Å². The molecule has 0 saturated carbocycles. The Morgan fingerprint density at radius 2 is 2.11 bits per heavy atom. The van der Waals surface area contributed by atoms with E-state index in [2.05, 4.69) is 4.57 Å². The summed E-state index contributed by atoms with van der Waals surface area (Å²) in [4.78, 5) is 11.0. The molecule has 4 heteroatoms. The summed E-state index contributed by atoms with van der Waals surface area (Å²) in [5.41, 5.74) is 3.39. The molecular weight excluding hydrogens is 233 g/mol. The normalized spacial score (nSPS) is 11.1. The Bertz CT molecular complexity index is 601. The van der Waals surface area contributed by atoms with E-state index in [0.29, 0.717) is 13.0 Å². The number of nitrogens with zero attached hydrogens (tertiary/aromatic N) is 1. The number of fused-ring (bicyclic) bond motifs is 1. The Kier molecular flexibility index (Phi) is 3.36. The number of carboxylic acids is 1. The third-order valence-corrected chi connectivity index (χ3v) is 3.40. The highest BCUT2D eigenvalue weighted by Gasteiger charge is 2.12. The van der Waals surface area contributed by atoms with Crippen molar-refractivity contribution in [3.8, 4) is 0 Å². The SMILES string of the molecule is Cc1c(C)n(CCCF)c2ccc(C(=O)O)cc12. The van der Waals surface area contributed by atoms with Crippen LogP contribution in [0, 0.1) is 13.8 Å². The fraction of sp³-hybridized carbons (Fsp3) is 0.357. The summed E-state index contributed by atoms with van der Waals surface area (Å²) in [5.74, 6) is -0.925. The lowest BCUT2D eigenvalue weighted by Gasteiger charge is -2.06. The van der Waals surface area contributed by atoms with Gasteiger partial charge in [0, 0.05) is 23.1 Å². The van der Waals surface area contributed by atoms with E-state index in [4.69, 9.17) is 5.11 Å². The zero-order chi connectivity index (χ0) is 13.3. The molecule has 0 aliphatic heterocycles. The van der Waals surface area contributed by atoms with Crippen LogP contribution in [0.4, 0.5) is 4.39 Å². The average molecular weight is 249 g/mol. The highest BCUT2D eigenvalue weighted by Crippen LogP contribution is 2.26. The third kappa shape index (κ3) is 1.98. The smallest absolute Gasteiger partial charge is 0.335 e. The van der Waals surface area contributed by atoms with Gasteiger partial charge in [0.05, 0.1) is 12.2 Å². The topological polar surface area (TPSA) is 42.2 Å². The van der Waals surface area contributed by atoms with Crippen molar-refractivity contribution in [1.82, 2.24) is 4.57 Å². The first kappa shape index (κ1) is 12.6. The van der Waals surface area contributed by atoms with Crippen LogP contribution in [0.25, 0.3) is 10.9 Å². The molecule has 0 radical (unpaired) electrons. The lowest BCUT2D eigenvalue weighted by Crippen LogP contribution is -2.01. The Hall–Kier alpha value is -1.84. The molecule has 0 bridgehead atoms. The number of benzene rings is 1. The van der Waals surface area contributed by atoms with Crippen molar-refractivity contribution >= 4 is 16.9 Å². The van der Waals surface area contributed by atoms with Crippen LogP contribution >= 0.6 is 0 Å². The molecule has 1 aromatic heterocycles. The lowest BCUT2D eigenvalue weighted by molar-refractivity contribution is 0.0697. The van der Waals surface area contributed by atoms with E-state index >= 15 is 0 Å². The number of aryl methyl sites for hydroxylation is 2. The quantitative estimate of drug-likeness (QED) is 0.903. The predicted molar refractivity (Wildman–Crippen MR) is 69.0 cm³/mol. The van der Waals surface area contributed by atoms with E-state index < -0.39 is 5.97 Å². The summed E-state index contributed by atoms with van der Waals surface area (Å²) in [5, 5.41) is 9.93. The monoisotopic (exact) mass is 249 g/mol. The number of halogens is 1. The van der Waals surface area contributed by atoms with E-state index in [9.17, 15) is 9.18 Å². The van der Waals surface area contributed by atoms with Crippen molar-refractivity contribution < 1.29 is 14.3 Å². The first-order valence-corrected chi connectivity index (χ1v) is 5.95. The minimum absolute atomic E-state index is 0.285. The number of hydrogen-bond acceptors (Lipinski definition) is 1. The molecule has 0 amide bonds. The highest BCUT2D eigenvalue weighted by molar-refractivity contribution is 5.95. The van der Waals surface area contributed by atoms with E-state index in [-0.39, 0.29) is 12.2 Å². The highest BCUT2D eigenvalue weighted by atomic mass is 19.1. The van der Waals surface area contributed by atoms with Gasteiger partial charge in [-0.05, 0) is 44.0 Å². The van der Waals surface area contributed by atoms with Gasteiger partial charge >= 0.3 is 5.97 Å². The van der Waals surface area contributed by atoms with E-state index in [1.807, 2.05) is 13.8 Å². The van der Waals surface area contributed by atoms with Crippen molar-refractivity contribution in [2.24, 2.45) is 0 Å². The van der Waals surface area contributed by atoms with Gasteiger partial charge in [0.2, 0.25) is 0 Å². The standard InChI is InChI=1S/C14H16FNO2/c1-9-10(2)16(7-3-6-15)13-5-4-11(14(17)18)8-12(9)13/h4-5,8H,3,6-7H2,1-2H3,(H,17,18). The maximum atomic E-state index is 12.3. The molecule has 0 aliphatic rings. The van der Waals surface area contributed by atoms with E-state index in [0.717, 1.165) is 22.2 Å². The number of alkyl halides is 1. The maximum absolute atomic E-state index is 12.3. The van der Waals surface area contributed by atoms with Crippen molar-refractivity contribution in [2.45, 2.75) is 26.8 Å². The molecule has 18 heavy (non-hydrogen) atoms. The van der Waals surface area contributed by atoms with Crippen LogP contribution < -0.4 is 0 Å². The van der Waals surface area contributed by atoms with Crippen LogP contribution in [0.5, 0.6) is 0 Å². The zero-order valence-corrected chi connectivity index (χ0v) is 10.5. The van der Waals surface area contributed by atoms with Gasteiger partial charge in [-0.1, -0.05) is 0 Å². The van der Waals surface area contributed by atoms with Gasteiger partial charge in [-0.15, -0.1) is 0 Å². The molecule has 0 fully saturated rings. The summed E-state index contributed by atoms with van der Waals surface area (Å²) >= 11 is 0. The lowest BCUT2D eigenvalue weighted by atomic mass is 10.1. The number of rotatable bonds is 4.